The average Bonchev–Trinajstić information content (AvgIpc) is 2.35. The Kier molecular flexibility index (Phi) is 5.02. The maximum Gasteiger partial charge on any atom is 0.335 e. The van der Waals surface area contributed by atoms with Gasteiger partial charge in [-0.3, -0.25) is 4.79 Å². The molecule has 1 rings (SSSR count). The molecule has 0 spiro atoms. The van der Waals surface area contributed by atoms with Crippen molar-refractivity contribution in [1.82, 2.24) is 4.72 Å². The van der Waals surface area contributed by atoms with Crippen molar-refractivity contribution in [3.63, 3.8) is 0 Å². The maximum atomic E-state index is 13.7. The third-order valence-corrected chi connectivity index (χ3v) is 4.18. The molecule has 0 saturated heterocycles. The number of nitrogens with one attached hydrogen (secondary N) is 1. The molecule has 0 radical (unpaired) electrons. The van der Waals surface area contributed by atoms with Crippen LogP contribution >= 0.6 is 0 Å². The van der Waals surface area contributed by atoms with Crippen LogP contribution in [0.1, 0.15) is 24.2 Å². The monoisotopic (exact) mass is 318 g/mol. The highest BCUT2D eigenvalue weighted by Gasteiger charge is 2.29. The number of carbonyl (C=O) groups excluding carboxylic acids is 1. The number of aromatic carboxylic acids is 1. The van der Waals surface area contributed by atoms with Crippen molar-refractivity contribution in [2.75, 3.05) is 0 Å². The zero-order valence-electron chi connectivity index (χ0n) is 11.3. The van der Waals surface area contributed by atoms with Gasteiger partial charge in [-0.2, -0.15) is 4.72 Å². The number of primary amides is 1. The lowest BCUT2D eigenvalue weighted by Crippen LogP contribution is -2.47. The van der Waals surface area contributed by atoms with Gasteiger partial charge in [0.25, 0.3) is 0 Å². The lowest BCUT2D eigenvalue weighted by atomic mass is 10.1. The van der Waals surface area contributed by atoms with Crippen molar-refractivity contribution in [3.8, 4) is 0 Å². The predicted molar refractivity (Wildman–Crippen MR) is 71.5 cm³/mol. The Labute approximate surface area is 121 Å². The van der Waals surface area contributed by atoms with Crippen LogP contribution in [-0.4, -0.2) is 31.4 Å². The highest BCUT2D eigenvalue weighted by atomic mass is 32.2. The van der Waals surface area contributed by atoms with Crippen LogP contribution in [0.4, 0.5) is 4.39 Å². The number of benzene rings is 1. The summed E-state index contributed by atoms with van der Waals surface area (Å²) in [7, 11) is -4.43. The molecule has 0 saturated carbocycles. The summed E-state index contributed by atoms with van der Waals surface area (Å²) in [5, 5.41) is 8.81. The number of sulfonamides is 1. The Balaban J connectivity index is 3.27. The van der Waals surface area contributed by atoms with E-state index in [1.807, 2.05) is 4.72 Å². The Morgan fingerprint density at radius 2 is 1.90 bits per heavy atom. The van der Waals surface area contributed by atoms with Crippen molar-refractivity contribution in [3.05, 3.63) is 29.6 Å². The van der Waals surface area contributed by atoms with Crippen LogP contribution in [-0.2, 0) is 14.8 Å². The predicted octanol–water partition coefficient (Wildman–Crippen LogP) is 0.312. The smallest absolute Gasteiger partial charge is 0.335 e. The van der Waals surface area contributed by atoms with E-state index in [2.05, 4.69) is 0 Å². The highest BCUT2D eigenvalue weighted by molar-refractivity contribution is 7.89. The summed E-state index contributed by atoms with van der Waals surface area (Å²) in [4.78, 5) is 21.2. The fourth-order valence-electron chi connectivity index (χ4n) is 1.60. The Morgan fingerprint density at radius 1 is 1.33 bits per heavy atom. The highest BCUT2D eigenvalue weighted by Crippen LogP contribution is 2.18. The van der Waals surface area contributed by atoms with E-state index in [4.69, 9.17) is 10.8 Å². The van der Waals surface area contributed by atoms with Crippen LogP contribution in [0.15, 0.2) is 23.1 Å². The van der Waals surface area contributed by atoms with Crippen LogP contribution in [0.2, 0.25) is 0 Å². The molecule has 0 heterocycles. The molecule has 0 aliphatic rings. The second kappa shape index (κ2) is 6.19. The number of halogens is 1. The summed E-state index contributed by atoms with van der Waals surface area (Å²) in [5.74, 6) is -3.90. The number of amides is 1. The van der Waals surface area contributed by atoms with E-state index in [0.717, 1.165) is 12.1 Å². The Morgan fingerprint density at radius 3 is 2.33 bits per heavy atom. The molecule has 1 aromatic rings. The summed E-state index contributed by atoms with van der Waals surface area (Å²) in [6, 6.07) is 1.11. The molecule has 7 nitrogen and oxygen atoms in total. The van der Waals surface area contributed by atoms with Crippen LogP contribution in [0.25, 0.3) is 0 Å². The Bertz CT molecular complexity index is 672. The molecule has 4 N–H and O–H groups in total. The number of carboxylic acids is 1. The third-order valence-electron chi connectivity index (χ3n) is 2.72. The maximum absolute atomic E-state index is 13.7. The summed E-state index contributed by atoms with van der Waals surface area (Å²) < 4.78 is 39.8. The van der Waals surface area contributed by atoms with Crippen molar-refractivity contribution in [2.24, 2.45) is 11.7 Å². The van der Waals surface area contributed by atoms with E-state index in [9.17, 15) is 22.4 Å². The molecule has 0 aromatic heterocycles. The first kappa shape index (κ1) is 17.1. The van der Waals surface area contributed by atoms with Gasteiger partial charge in [0.15, 0.2) is 0 Å². The van der Waals surface area contributed by atoms with E-state index in [0.29, 0.717) is 6.07 Å². The third kappa shape index (κ3) is 3.99. The molecular weight excluding hydrogens is 303 g/mol. The minimum absolute atomic E-state index is 0.392. The van der Waals surface area contributed by atoms with Crippen molar-refractivity contribution in [1.29, 1.82) is 0 Å². The minimum atomic E-state index is -4.43. The molecular formula is C12H15FN2O5S. The first-order chi connectivity index (χ1) is 9.56. The standard InChI is InChI=1S/C12H15FN2O5S/c1-6(2)10(11(14)16)15-21(19,20)9-5-7(12(17)18)3-4-8(9)13/h3-6,10,15H,1-2H3,(H2,14,16)(H,17,18). The molecule has 0 aliphatic carbocycles. The summed E-state index contributed by atoms with van der Waals surface area (Å²) in [6.07, 6.45) is 0. The van der Waals surface area contributed by atoms with Crippen LogP contribution in [0.3, 0.4) is 0 Å². The van der Waals surface area contributed by atoms with E-state index in [1.54, 1.807) is 13.8 Å². The van der Waals surface area contributed by atoms with Gasteiger partial charge in [0.1, 0.15) is 16.8 Å². The molecule has 0 aliphatic heterocycles. The largest absolute Gasteiger partial charge is 0.478 e. The van der Waals surface area contributed by atoms with Gasteiger partial charge in [-0.25, -0.2) is 17.6 Å². The molecule has 0 bridgehead atoms. The molecule has 0 fully saturated rings. The van der Waals surface area contributed by atoms with Crippen molar-refractivity contribution >= 4 is 21.9 Å². The first-order valence-electron chi connectivity index (χ1n) is 5.90. The van der Waals surface area contributed by atoms with Gasteiger partial charge in [-0.05, 0) is 24.1 Å². The van der Waals surface area contributed by atoms with E-state index in [-0.39, 0.29) is 0 Å². The topological polar surface area (TPSA) is 127 Å². The first-order valence-corrected chi connectivity index (χ1v) is 7.39. The molecule has 1 aromatic carbocycles. The summed E-state index contributed by atoms with van der Waals surface area (Å²) in [6.45, 7) is 3.12. The number of nitrogens with two attached hydrogens (primary N) is 1. The molecule has 21 heavy (non-hydrogen) atoms. The quantitative estimate of drug-likeness (QED) is 0.696. The zero-order valence-corrected chi connectivity index (χ0v) is 12.1. The number of carboxylic acid groups (broad SMARTS) is 1. The van der Waals surface area contributed by atoms with Crippen LogP contribution < -0.4 is 10.5 Å². The number of rotatable bonds is 6. The van der Waals surface area contributed by atoms with Gasteiger partial charge >= 0.3 is 5.97 Å². The van der Waals surface area contributed by atoms with Crippen LogP contribution in [0.5, 0.6) is 0 Å². The lowest BCUT2D eigenvalue weighted by Gasteiger charge is -2.19. The zero-order chi connectivity index (χ0) is 16.4. The van der Waals surface area contributed by atoms with Crippen molar-refractivity contribution in [2.45, 2.75) is 24.8 Å². The summed E-state index contributed by atoms with van der Waals surface area (Å²) in [5.41, 5.74) is 4.69. The Hall–Kier alpha value is -2.00. The van der Waals surface area contributed by atoms with E-state index in [1.165, 1.54) is 0 Å². The minimum Gasteiger partial charge on any atom is -0.478 e. The molecule has 9 heteroatoms. The van der Waals surface area contributed by atoms with Gasteiger partial charge in [0.2, 0.25) is 15.9 Å². The SMILES string of the molecule is CC(C)C(NS(=O)(=O)c1cc(C(=O)O)ccc1F)C(N)=O. The number of carbonyl (C=O) groups is 2. The van der Waals surface area contributed by atoms with Gasteiger partial charge in [-0.1, -0.05) is 13.8 Å². The van der Waals surface area contributed by atoms with E-state index < -0.39 is 50.1 Å². The van der Waals surface area contributed by atoms with Gasteiger partial charge < -0.3 is 10.8 Å². The summed E-state index contributed by atoms with van der Waals surface area (Å²) >= 11 is 0. The molecule has 1 unspecified atom stereocenters. The second-order valence-corrected chi connectivity index (χ2v) is 6.38. The fraction of sp³-hybridized carbons (Fsp3) is 0.333. The average molecular weight is 318 g/mol. The van der Waals surface area contributed by atoms with Gasteiger partial charge in [-0.15, -0.1) is 0 Å². The van der Waals surface area contributed by atoms with Gasteiger partial charge in [0.05, 0.1) is 5.56 Å². The van der Waals surface area contributed by atoms with Crippen LogP contribution in [0, 0.1) is 11.7 Å². The number of hydrogen-bond donors (Lipinski definition) is 3. The van der Waals surface area contributed by atoms with Gasteiger partial charge in [0, 0.05) is 0 Å². The number of hydrogen-bond acceptors (Lipinski definition) is 4. The molecule has 1 atom stereocenters. The molecule has 116 valence electrons. The van der Waals surface area contributed by atoms with Crippen molar-refractivity contribution < 1.29 is 27.5 Å². The van der Waals surface area contributed by atoms with E-state index >= 15 is 0 Å². The second-order valence-electron chi connectivity index (χ2n) is 4.70. The normalized spacial score (nSPS) is 13.1. The fourth-order valence-corrected chi connectivity index (χ4v) is 3.05. The lowest BCUT2D eigenvalue weighted by molar-refractivity contribution is -0.120. The molecule has 1 amide bonds.